The topological polar surface area (TPSA) is 86.8 Å². The average Bonchev–Trinajstić information content (AvgIpc) is 3.73. The summed E-state index contributed by atoms with van der Waals surface area (Å²) in [4.78, 5) is 31.1. The highest BCUT2D eigenvalue weighted by Crippen LogP contribution is 2.42. The number of carbonyl (C=O) groups excluding carboxylic acids is 2. The number of benzene rings is 2. The Labute approximate surface area is 251 Å². The van der Waals surface area contributed by atoms with Crippen LogP contribution >= 0.6 is 0 Å². The first-order valence-electron chi connectivity index (χ1n) is 15.1. The van der Waals surface area contributed by atoms with Crippen molar-refractivity contribution < 1.29 is 31.2 Å². The van der Waals surface area contributed by atoms with Gasteiger partial charge in [-0.15, -0.1) is 0 Å². The van der Waals surface area contributed by atoms with Crippen molar-refractivity contribution in [3.05, 3.63) is 65.7 Å². The molecule has 1 aliphatic heterocycles. The number of rotatable bonds is 10. The Hall–Kier alpha value is -2.92. The molecule has 3 aliphatic rings. The fraction of sp³-hybridized carbons (Fsp3) is 0.562. The minimum atomic E-state index is -4.60. The van der Waals surface area contributed by atoms with E-state index in [-0.39, 0.29) is 35.1 Å². The Kier molecular flexibility index (Phi) is 8.96. The van der Waals surface area contributed by atoms with Crippen molar-refractivity contribution in [1.29, 1.82) is 0 Å². The van der Waals surface area contributed by atoms with Crippen LogP contribution in [0.5, 0.6) is 0 Å². The Morgan fingerprint density at radius 1 is 1.02 bits per heavy atom. The standard InChI is InChI=1S/C32H40F3N3O4S/c1-22(2)37(20-23-11-12-23)26-13-16-31(17-14-26,21-43(41,42)27-9-4-3-5-10-27)38-18-15-28(30(38)40)36-29(39)24-7-6-8-25(19-24)32(33,34)35/h3-10,19,22-23,26,28H,11-18,20-21H2,1-2H3,(H,36,39)/t26?,28-,31?/m0/s1. The summed E-state index contributed by atoms with van der Waals surface area (Å²) in [5.41, 5.74) is -2.08. The van der Waals surface area contributed by atoms with Gasteiger partial charge in [-0.3, -0.25) is 14.5 Å². The summed E-state index contributed by atoms with van der Waals surface area (Å²) in [6, 6.07) is 12.0. The minimum Gasteiger partial charge on any atom is -0.340 e. The monoisotopic (exact) mass is 619 g/mol. The second kappa shape index (κ2) is 12.2. The first-order chi connectivity index (χ1) is 20.3. The fourth-order valence-corrected chi connectivity index (χ4v) is 8.66. The quantitative estimate of drug-likeness (QED) is 0.390. The summed E-state index contributed by atoms with van der Waals surface area (Å²) < 4.78 is 67.0. The molecule has 43 heavy (non-hydrogen) atoms. The summed E-state index contributed by atoms with van der Waals surface area (Å²) in [6.45, 7) is 5.67. The molecule has 11 heteroatoms. The molecular weight excluding hydrogens is 579 g/mol. The zero-order chi connectivity index (χ0) is 31.0. The molecule has 0 spiro atoms. The zero-order valence-corrected chi connectivity index (χ0v) is 25.5. The molecule has 2 aromatic rings. The van der Waals surface area contributed by atoms with Crippen molar-refractivity contribution in [3.63, 3.8) is 0 Å². The molecule has 2 amide bonds. The Morgan fingerprint density at radius 2 is 1.70 bits per heavy atom. The lowest BCUT2D eigenvalue weighted by molar-refractivity contribution is -0.138. The van der Waals surface area contributed by atoms with Gasteiger partial charge in [0.05, 0.1) is 21.8 Å². The zero-order valence-electron chi connectivity index (χ0n) is 24.6. The number of amides is 2. The van der Waals surface area contributed by atoms with E-state index in [1.165, 1.54) is 18.9 Å². The predicted octanol–water partition coefficient (Wildman–Crippen LogP) is 5.31. The van der Waals surface area contributed by atoms with E-state index in [1.807, 2.05) is 0 Å². The lowest BCUT2D eigenvalue weighted by Crippen LogP contribution is -2.59. The molecule has 1 N–H and O–H groups in total. The third-order valence-electron chi connectivity index (χ3n) is 9.28. The van der Waals surface area contributed by atoms with E-state index >= 15 is 0 Å². The maximum atomic E-state index is 13.8. The molecule has 0 aromatic heterocycles. The minimum absolute atomic E-state index is 0.188. The molecular formula is C32H40F3N3O4S. The van der Waals surface area contributed by atoms with Gasteiger partial charge in [-0.1, -0.05) is 24.3 Å². The van der Waals surface area contributed by atoms with Gasteiger partial charge >= 0.3 is 6.18 Å². The first kappa shape index (κ1) is 31.5. The lowest BCUT2D eigenvalue weighted by atomic mass is 9.78. The molecule has 2 saturated carbocycles. The average molecular weight is 620 g/mol. The van der Waals surface area contributed by atoms with Crippen LogP contribution < -0.4 is 5.32 Å². The summed E-state index contributed by atoms with van der Waals surface area (Å²) in [7, 11) is -3.75. The number of hydrogen-bond donors (Lipinski definition) is 1. The smallest absolute Gasteiger partial charge is 0.340 e. The highest BCUT2D eigenvalue weighted by molar-refractivity contribution is 7.91. The molecule has 2 aliphatic carbocycles. The number of nitrogens with zero attached hydrogens (tertiary/aromatic N) is 2. The molecule has 1 atom stereocenters. The number of likely N-dealkylation sites (tertiary alicyclic amines) is 1. The largest absolute Gasteiger partial charge is 0.416 e. The van der Waals surface area contributed by atoms with E-state index in [4.69, 9.17) is 0 Å². The Morgan fingerprint density at radius 3 is 2.30 bits per heavy atom. The Balaban J connectivity index is 1.36. The van der Waals surface area contributed by atoms with Crippen LogP contribution in [0.3, 0.4) is 0 Å². The normalized spacial score (nSPS) is 25.0. The maximum Gasteiger partial charge on any atom is 0.416 e. The number of sulfone groups is 1. The van der Waals surface area contributed by atoms with Crippen molar-refractivity contribution in [3.8, 4) is 0 Å². The second-order valence-electron chi connectivity index (χ2n) is 12.6. The van der Waals surface area contributed by atoms with Crippen molar-refractivity contribution in [2.75, 3.05) is 18.8 Å². The summed E-state index contributed by atoms with van der Waals surface area (Å²) >= 11 is 0. The third-order valence-corrected chi connectivity index (χ3v) is 11.2. The van der Waals surface area contributed by atoms with Crippen LogP contribution in [0.15, 0.2) is 59.5 Å². The number of carbonyl (C=O) groups is 2. The summed E-state index contributed by atoms with van der Waals surface area (Å²) in [5.74, 6) is -0.663. The summed E-state index contributed by atoms with van der Waals surface area (Å²) in [6.07, 6.45) is 0.654. The molecule has 0 bridgehead atoms. The maximum absolute atomic E-state index is 13.8. The van der Waals surface area contributed by atoms with Crippen LogP contribution in [-0.2, 0) is 20.8 Å². The second-order valence-corrected chi connectivity index (χ2v) is 14.6. The molecule has 5 rings (SSSR count). The van der Waals surface area contributed by atoms with Crippen molar-refractivity contribution in [2.45, 2.75) is 93.5 Å². The van der Waals surface area contributed by atoms with Gasteiger partial charge in [-0.05, 0) is 95.0 Å². The van der Waals surface area contributed by atoms with Gasteiger partial charge < -0.3 is 10.2 Å². The highest BCUT2D eigenvalue weighted by Gasteiger charge is 2.50. The van der Waals surface area contributed by atoms with Crippen molar-refractivity contribution in [1.82, 2.24) is 15.1 Å². The van der Waals surface area contributed by atoms with Crippen molar-refractivity contribution >= 4 is 21.7 Å². The van der Waals surface area contributed by atoms with Gasteiger partial charge in [0.2, 0.25) is 5.91 Å². The number of halogens is 3. The van der Waals surface area contributed by atoms with Gasteiger partial charge in [-0.2, -0.15) is 13.2 Å². The van der Waals surface area contributed by atoms with E-state index in [0.29, 0.717) is 30.8 Å². The van der Waals surface area contributed by atoms with Crippen molar-refractivity contribution in [2.24, 2.45) is 5.92 Å². The molecule has 3 fully saturated rings. The van der Waals surface area contributed by atoms with Crippen LogP contribution in [0, 0.1) is 5.92 Å². The SMILES string of the molecule is CC(C)N(CC1CC1)C1CCC(CS(=O)(=O)c2ccccc2)(N2CC[C@H](NC(=O)c3cccc(C(F)(F)F)c3)C2=O)CC1. The van der Waals surface area contributed by atoms with E-state index in [1.54, 1.807) is 35.2 Å². The number of hydrogen-bond acceptors (Lipinski definition) is 5. The summed E-state index contributed by atoms with van der Waals surface area (Å²) in [5, 5.41) is 2.62. The van der Waals surface area contributed by atoms with Gasteiger partial charge in [0.15, 0.2) is 9.84 Å². The highest BCUT2D eigenvalue weighted by atomic mass is 32.2. The molecule has 7 nitrogen and oxygen atoms in total. The van der Waals surface area contributed by atoms with E-state index in [9.17, 15) is 31.2 Å². The lowest BCUT2D eigenvalue weighted by Gasteiger charge is -2.49. The van der Waals surface area contributed by atoms with E-state index < -0.39 is 39.1 Å². The fourth-order valence-electron chi connectivity index (χ4n) is 6.77. The van der Waals surface area contributed by atoms with Gasteiger partial charge in [0.25, 0.3) is 5.91 Å². The molecule has 0 unspecified atom stereocenters. The number of nitrogens with one attached hydrogen (secondary N) is 1. The van der Waals surface area contributed by atoms with Crippen LogP contribution in [-0.4, -0.2) is 72.5 Å². The van der Waals surface area contributed by atoms with Gasteiger partial charge in [-0.25, -0.2) is 8.42 Å². The van der Waals surface area contributed by atoms with Crippen LogP contribution in [0.2, 0.25) is 0 Å². The van der Waals surface area contributed by atoms with Gasteiger partial charge in [0.1, 0.15) is 6.04 Å². The molecule has 0 radical (unpaired) electrons. The Bertz CT molecular complexity index is 1420. The molecule has 1 heterocycles. The molecule has 234 valence electrons. The number of alkyl halides is 3. The molecule has 1 saturated heterocycles. The van der Waals surface area contributed by atoms with Crippen LogP contribution in [0.1, 0.15) is 74.7 Å². The predicted molar refractivity (Wildman–Crippen MR) is 157 cm³/mol. The van der Waals surface area contributed by atoms with E-state index in [0.717, 1.165) is 37.6 Å². The van der Waals surface area contributed by atoms with Gasteiger partial charge in [0, 0.05) is 30.7 Å². The first-order valence-corrected chi connectivity index (χ1v) is 16.8. The third kappa shape index (κ3) is 7.09. The van der Waals surface area contributed by atoms with E-state index in [2.05, 4.69) is 24.1 Å². The van der Waals surface area contributed by atoms with Crippen LogP contribution in [0.4, 0.5) is 13.2 Å². The van der Waals surface area contributed by atoms with Crippen LogP contribution in [0.25, 0.3) is 0 Å². The molecule has 2 aromatic carbocycles.